The van der Waals surface area contributed by atoms with Crippen LogP contribution in [0.3, 0.4) is 0 Å². The fourth-order valence-corrected chi connectivity index (χ4v) is 2.90. The molecular formula is C18H17F4N5O2. The highest BCUT2D eigenvalue weighted by Crippen LogP contribution is 2.31. The summed E-state index contributed by atoms with van der Waals surface area (Å²) in [5, 5.41) is 9.02. The predicted octanol–water partition coefficient (Wildman–Crippen LogP) is 2.47. The minimum atomic E-state index is -4.83. The number of carbonyl (C=O) groups is 1. The van der Waals surface area contributed by atoms with Crippen molar-refractivity contribution in [3.8, 4) is 0 Å². The number of aryl methyl sites for hydroxylation is 2. The van der Waals surface area contributed by atoms with Gasteiger partial charge in [-0.15, -0.1) is 0 Å². The molecule has 2 heterocycles. The van der Waals surface area contributed by atoms with Crippen molar-refractivity contribution in [2.75, 3.05) is 0 Å². The van der Waals surface area contributed by atoms with Crippen LogP contribution in [-0.2, 0) is 24.6 Å². The molecule has 3 rings (SSSR count). The minimum Gasteiger partial charge on any atom is -0.348 e. The maximum Gasteiger partial charge on any atom is 0.435 e. The Morgan fingerprint density at radius 3 is 2.62 bits per heavy atom. The van der Waals surface area contributed by atoms with E-state index in [0.29, 0.717) is 15.8 Å². The lowest BCUT2D eigenvalue weighted by Gasteiger charge is -2.15. The quantitative estimate of drug-likeness (QED) is 0.669. The third-order valence-electron chi connectivity index (χ3n) is 4.49. The highest BCUT2D eigenvalue weighted by atomic mass is 19.4. The van der Waals surface area contributed by atoms with Crippen LogP contribution in [0.4, 0.5) is 17.6 Å². The molecular weight excluding hydrogens is 394 g/mol. The molecule has 29 heavy (non-hydrogen) atoms. The first-order chi connectivity index (χ1) is 13.5. The van der Waals surface area contributed by atoms with Gasteiger partial charge in [0, 0.05) is 7.05 Å². The number of fused-ring (bicyclic) bond motifs is 1. The fourth-order valence-electron chi connectivity index (χ4n) is 2.90. The van der Waals surface area contributed by atoms with Crippen molar-refractivity contribution in [3.05, 3.63) is 57.4 Å². The van der Waals surface area contributed by atoms with Crippen LogP contribution in [0.2, 0.25) is 0 Å². The Balaban J connectivity index is 1.86. The van der Waals surface area contributed by atoms with Crippen molar-refractivity contribution in [1.82, 2.24) is 24.9 Å². The van der Waals surface area contributed by atoms with Gasteiger partial charge in [-0.05, 0) is 31.0 Å². The summed E-state index contributed by atoms with van der Waals surface area (Å²) in [4.78, 5) is 24.8. The number of hydrogen-bond donors (Lipinski definition) is 1. The van der Waals surface area contributed by atoms with E-state index in [1.165, 1.54) is 13.1 Å². The van der Waals surface area contributed by atoms with Gasteiger partial charge in [-0.1, -0.05) is 12.1 Å². The molecule has 154 valence electrons. The SMILES string of the molecule is Cc1ccc(C(C)NC(=O)Cn2ncc3c(c(C(F)(F)F)nn3C)c2=O)cc1F. The Hall–Kier alpha value is -3.24. The van der Waals surface area contributed by atoms with Crippen LogP contribution in [0.25, 0.3) is 10.9 Å². The Kier molecular flexibility index (Phi) is 5.16. The monoisotopic (exact) mass is 411 g/mol. The summed E-state index contributed by atoms with van der Waals surface area (Å²) in [6, 6.07) is 3.91. The first-order valence-electron chi connectivity index (χ1n) is 8.54. The molecule has 0 saturated carbocycles. The Morgan fingerprint density at radius 2 is 2.00 bits per heavy atom. The number of nitrogens with zero attached hydrogens (tertiary/aromatic N) is 4. The van der Waals surface area contributed by atoms with E-state index >= 15 is 0 Å². The topological polar surface area (TPSA) is 81.8 Å². The van der Waals surface area contributed by atoms with E-state index in [2.05, 4.69) is 15.5 Å². The number of carbonyl (C=O) groups excluding carboxylic acids is 1. The van der Waals surface area contributed by atoms with Crippen molar-refractivity contribution >= 4 is 16.8 Å². The molecule has 1 atom stereocenters. The number of alkyl halides is 3. The molecule has 7 nitrogen and oxygen atoms in total. The lowest BCUT2D eigenvalue weighted by Crippen LogP contribution is -2.35. The van der Waals surface area contributed by atoms with Gasteiger partial charge in [-0.3, -0.25) is 14.3 Å². The number of nitrogens with one attached hydrogen (secondary N) is 1. The number of hydrogen-bond acceptors (Lipinski definition) is 4. The van der Waals surface area contributed by atoms with Crippen LogP contribution in [0.15, 0.2) is 29.2 Å². The molecule has 1 unspecified atom stereocenters. The van der Waals surface area contributed by atoms with E-state index in [9.17, 15) is 27.2 Å². The second-order valence-electron chi connectivity index (χ2n) is 6.64. The van der Waals surface area contributed by atoms with Gasteiger partial charge in [0.1, 0.15) is 17.7 Å². The van der Waals surface area contributed by atoms with Crippen LogP contribution in [0.1, 0.15) is 29.8 Å². The lowest BCUT2D eigenvalue weighted by molar-refractivity contribution is -0.140. The first kappa shape index (κ1) is 20.5. The number of benzene rings is 1. The van der Waals surface area contributed by atoms with E-state index in [1.54, 1.807) is 26.0 Å². The Bertz CT molecular complexity index is 1150. The zero-order valence-electron chi connectivity index (χ0n) is 15.7. The fraction of sp³-hybridized carbons (Fsp3) is 0.333. The van der Waals surface area contributed by atoms with Gasteiger partial charge in [-0.25, -0.2) is 9.07 Å². The van der Waals surface area contributed by atoms with Crippen LogP contribution < -0.4 is 10.9 Å². The molecule has 0 aliphatic carbocycles. The molecule has 0 bridgehead atoms. The van der Waals surface area contributed by atoms with Crippen molar-refractivity contribution < 1.29 is 22.4 Å². The van der Waals surface area contributed by atoms with Crippen molar-refractivity contribution in [2.24, 2.45) is 7.05 Å². The summed E-state index contributed by atoms with van der Waals surface area (Å²) in [7, 11) is 1.26. The first-order valence-corrected chi connectivity index (χ1v) is 8.54. The number of halogens is 4. The van der Waals surface area contributed by atoms with E-state index in [0.717, 1.165) is 10.9 Å². The van der Waals surface area contributed by atoms with Gasteiger partial charge in [0.05, 0.1) is 17.8 Å². The van der Waals surface area contributed by atoms with Gasteiger partial charge in [0.15, 0.2) is 5.69 Å². The second kappa shape index (κ2) is 7.30. The summed E-state index contributed by atoms with van der Waals surface area (Å²) >= 11 is 0. The minimum absolute atomic E-state index is 0.0949. The van der Waals surface area contributed by atoms with Crippen LogP contribution >= 0.6 is 0 Å². The number of aromatic nitrogens is 4. The average molecular weight is 411 g/mol. The van der Waals surface area contributed by atoms with Gasteiger partial charge >= 0.3 is 6.18 Å². The maximum absolute atomic E-state index is 13.7. The molecule has 0 fully saturated rings. The molecule has 1 aromatic carbocycles. The molecule has 1 amide bonds. The second-order valence-corrected chi connectivity index (χ2v) is 6.64. The predicted molar refractivity (Wildman–Crippen MR) is 95.5 cm³/mol. The zero-order valence-corrected chi connectivity index (χ0v) is 15.7. The maximum atomic E-state index is 13.7. The van der Waals surface area contributed by atoms with Gasteiger partial charge in [0.25, 0.3) is 5.56 Å². The largest absolute Gasteiger partial charge is 0.435 e. The molecule has 0 radical (unpaired) electrons. The molecule has 0 saturated heterocycles. The summed E-state index contributed by atoms with van der Waals surface area (Å²) in [6.45, 7) is 2.62. The summed E-state index contributed by atoms with van der Waals surface area (Å²) < 4.78 is 54.8. The third-order valence-corrected chi connectivity index (χ3v) is 4.49. The average Bonchev–Trinajstić information content (AvgIpc) is 2.97. The van der Waals surface area contributed by atoms with Gasteiger partial charge in [0.2, 0.25) is 5.91 Å². The smallest absolute Gasteiger partial charge is 0.348 e. The normalized spacial score (nSPS) is 12.9. The van der Waals surface area contributed by atoms with Crippen LogP contribution in [-0.4, -0.2) is 25.5 Å². The van der Waals surface area contributed by atoms with Crippen molar-refractivity contribution in [1.29, 1.82) is 0 Å². The van der Waals surface area contributed by atoms with Crippen molar-refractivity contribution in [2.45, 2.75) is 32.6 Å². The number of rotatable bonds is 4. The van der Waals surface area contributed by atoms with E-state index in [-0.39, 0.29) is 5.52 Å². The highest BCUT2D eigenvalue weighted by molar-refractivity contribution is 5.81. The summed E-state index contributed by atoms with van der Waals surface area (Å²) in [5.41, 5.74) is -1.55. The molecule has 11 heteroatoms. The lowest BCUT2D eigenvalue weighted by atomic mass is 10.1. The van der Waals surface area contributed by atoms with E-state index < -0.39 is 47.1 Å². The molecule has 2 aromatic heterocycles. The van der Waals surface area contributed by atoms with Gasteiger partial charge < -0.3 is 5.32 Å². The Labute approximate surface area is 161 Å². The third kappa shape index (κ3) is 3.98. The van der Waals surface area contributed by atoms with Crippen LogP contribution in [0.5, 0.6) is 0 Å². The number of amides is 1. The van der Waals surface area contributed by atoms with E-state index in [1.807, 2.05) is 0 Å². The van der Waals surface area contributed by atoms with Gasteiger partial charge in [-0.2, -0.15) is 23.4 Å². The van der Waals surface area contributed by atoms with Crippen LogP contribution in [0, 0.1) is 12.7 Å². The van der Waals surface area contributed by atoms with E-state index in [4.69, 9.17) is 0 Å². The molecule has 0 spiro atoms. The highest BCUT2D eigenvalue weighted by Gasteiger charge is 2.38. The molecule has 3 aromatic rings. The van der Waals surface area contributed by atoms with Crippen molar-refractivity contribution in [3.63, 3.8) is 0 Å². The molecule has 0 aliphatic rings. The molecule has 1 N–H and O–H groups in total. The summed E-state index contributed by atoms with van der Waals surface area (Å²) in [6.07, 6.45) is -3.78. The summed E-state index contributed by atoms with van der Waals surface area (Å²) in [5.74, 6) is -1.09. The Morgan fingerprint density at radius 1 is 1.31 bits per heavy atom. The standard InChI is InChI=1S/C18H17F4N5O2/c1-9-4-5-11(6-12(9)19)10(2)24-14(28)8-27-17(29)15-13(7-23-27)26(3)25-16(15)18(20,21)22/h4-7,10H,8H2,1-3H3,(H,24,28). The zero-order chi connectivity index (χ0) is 21.5. The molecule has 0 aliphatic heterocycles.